The molecule has 7 nitrogen and oxygen atoms in total. The first kappa shape index (κ1) is 19.0. The van der Waals surface area contributed by atoms with Crippen molar-refractivity contribution in [2.45, 2.75) is 19.6 Å². The second kappa shape index (κ2) is 6.79. The van der Waals surface area contributed by atoms with E-state index in [1.165, 1.54) is 33.9 Å². The molecule has 0 aliphatic carbocycles. The number of aromatic nitrogens is 6. The van der Waals surface area contributed by atoms with E-state index in [4.69, 9.17) is 0 Å². The van der Waals surface area contributed by atoms with Gasteiger partial charge >= 0.3 is 6.18 Å². The summed E-state index contributed by atoms with van der Waals surface area (Å²) in [7, 11) is 0. The Morgan fingerprint density at radius 3 is 2.68 bits per heavy atom. The molecule has 156 valence electrons. The van der Waals surface area contributed by atoms with Crippen molar-refractivity contribution in [2.24, 2.45) is 0 Å². The Bertz CT molecular complexity index is 1490. The number of halogens is 3. The van der Waals surface area contributed by atoms with Crippen molar-refractivity contribution in [1.29, 1.82) is 0 Å². The highest BCUT2D eigenvalue weighted by Crippen LogP contribution is 2.30. The number of hydrogen-bond acceptors (Lipinski definition) is 4. The highest BCUT2D eigenvalue weighted by Gasteiger charge is 2.30. The molecule has 0 spiro atoms. The van der Waals surface area contributed by atoms with Crippen molar-refractivity contribution >= 4 is 16.7 Å². The SMILES string of the molecule is Cc1cccc2nc(Cn3cnc4c(cnn4-c4cccc(C(F)(F)F)c4)c3=O)cn12. The molecule has 4 aromatic heterocycles. The first-order chi connectivity index (χ1) is 14.8. The van der Waals surface area contributed by atoms with Crippen molar-refractivity contribution in [1.82, 2.24) is 28.7 Å². The first-order valence-electron chi connectivity index (χ1n) is 9.36. The van der Waals surface area contributed by atoms with Gasteiger partial charge < -0.3 is 4.40 Å². The molecule has 0 saturated carbocycles. The summed E-state index contributed by atoms with van der Waals surface area (Å²) in [6.45, 7) is 2.16. The van der Waals surface area contributed by atoms with Crippen molar-refractivity contribution in [3.8, 4) is 5.69 Å². The number of alkyl halides is 3. The molecule has 0 saturated heterocycles. The minimum Gasteiger partial charge on any atom is -0.304 e. The van der Waals surface area contributed by atoms with Gasteiger partial charge in [-0.2, -0.15) is 18.3 Å². The predicted molar refractivity (Wildman–Crippen MR) is 107 cm³/mol. The number of nitrogens with zero attached hydrogens (tertiary/aromatic N) is 6. The number of hydrogen-bond donors (Lipinski definition) is 0. The normalized spacial score (nSPS) is 12.1. The number of pyridine rings is 1. The second-order valence-electron chi connectivity index (χ2n) is 7.15. The molecule has 0 unspecified atom stereocenters. The summed E-state index contributed by atoms with van der Waals surface area (Å²) >= 11 is 0. The average molecular weight is 424 g/mol. The van der Waals surface area contributed by atoms with Gasteiger partial charge in [-0.1, -0.05) is 12.1 Å². The highest BCUT2D eigenvalue weighted by molar-refractivity contribution is 5.75. The summed E-state index contributed by atoms with van der Waals surface area (Å²) in [5.74, 6) is 0. The van der Waals surface area contributed by atoms with Crippen LogP contribution in [0.5, 0.6) is 0 Å². The van der Waals surface area contributed by atoms with Gasteiger partial charge in [-0.3, -0.25) is 9.36 Å². The summed E-state index contributed by atoms with van der Waals surface area (Å²) in [6.07, 6.45) is 0.0432. The molecule has 0 aliphatic rings. The summed E-state index contributed by atoms with van der Waals surface area (Å²) in [5, 5.41) is 4.31. The zero-order valence-corrected chi connectivity index (χ0v) is 16.2. The Morgan fingerprint density at radius 1 is 1.10 bits per heavy atom. The van der Waals surface area contributed by atoms with Gasteiger partial charge in [0.05, 0.1) is 29.7 Å². The van der Waals surface area contributed by atoms with Gasteiger partial charge in [-0.15, -0.1) is 0 Å². The lowest BCUT2D eigenvalue weighted by atomic mass is 10.2. The third-order valence-corrected chi connectivity index (χ3v) is 5.05. The third kappa shape index (κ3) is 3.25. The number of benzene rings is 1. The number of fused-ring (bicyclic) bond motifs is 2. The Hall–Kier alpha value is -3.95. The van der Waals surface area contributed by atoms with E-state index in [2.05, 4.69) is 15.1 Å². The molecule has 1 aromatic carbocycles. The smallest absolute Gasteiger partial charge is 0.304 e. The van der Waals surface area contributed by atoms with Gasteiger partial charge in [0, 0.05) is 11.9 Å². The molecule has 0 atom stereocenters. The monoisotopic (exact) mass is 424 g/mol. The molecular weight excluding hydrogens is 409 g/mol. The molecule has 0 bridgehead atoms. The van der Waals surface area contributed by atoms with E-state index in [0.29, 0.717) is 5.69 Å². The van der Waals surface area contributed by atoms with E-state index in [1.54, 1.807) is 0 Å². The minimum atomic E-state index is -4.48. The van der Waals surface area contributed by atoms with Crippen LogP contribution in [0.1, 0.15) is 17.0 Å². The van der Waals surface area contributed by atoms with Crippen LogP contribution in [0, 0.1) is 6.92 Å². The number of aryl methyl sites for hydroxylation is 1. The van der Waals surface area contributed by atoms with E-state index >= 15 is 0 Å². The van der Waals surface area contributed by atoms with Crippen LogP contribution >= 0.6 is 0 Å². The molecule has 0 radical (unpaired) electrons. The standard InChI is InChI=1S/C21H15F3N6O/c1-13-4-2-7-18-27-15(11-29(13)18)10-28-12-25-19-17(20(28)31)9-26-30(19)16-6-3-5-14(8-16)21(22,23)24/h2-9,11-12H,10H2,1H3. The molecule has 5 rings (SSSR count). The van der Waals surface area contributed by atoms with Gasteiger partial charge in [0.25, 0.3) is 5.56 Å². The van der Waals surface area contributed by atoms with E-state index in [0.717, 1.165) is 23.5 Å². The van der Waals surface area contributed by atoms with Crippen LogP contribution in [-0.4, -0.2) is 28.7 Å². The quantitative estimate of drug-likeness (QED) is 0.444. The maximum Gasteiger partial charge on any atom is 0.416 e. The Labute approximate surface area is 173 Å². The molecule has 0 aliphatic heterocycles. The predicted octanol–water partition coefficient (Wildman–Crippen LogP) is 3.61. The van der Waals surface area contributed by atoms with E-state index in [-0.39, 0.29) is 28.8 Å². The minimum absolute atomic E-state index is 0.172. The van der Waals surface area contributed by atoms with Gasteiger partial charge in [-0.25, -0.2) is 14.6 Å². The van der Waals surface area contributed by atoms with Gasteiger partial charge in [0.15, 0.2) is 5.65 Å². The van der Waals surface area contributed by atoms with Crippen LogP contribution in [0.25, 0.3) is 22.4 Å². The maximum atomic E-state index is 13.0. The molecule has 0 N–H and O–H groups in total. The summed E-state index contributed by atoms with van der Waals surface area (Å²) in [6, 6.07) is 10.5. The Kier molecular flexibility index (Phi) is 4.17. The van der Waals surface area contributed by atoms with Crippen molar-refractivity contribution < 1.29 is 13.2 Å². The van der Waals surface area contributed by atoms with Crippen LogP contribution < -0.4 is 5.56 Å². The van der Waals surface area contributed by atoms with E-state index < -0.39 is 11.7 Å². The molecule has 31 heavy (non-hydrogen) atoms. The molecule has 10 heteroatoms. The number of rotatable bonds is 3. The molecule has 5 aromatic rings. The molecule has 4 heterocycles. The lowest BCUT2D eigenvalue weighted by Gasteiger charge is -2.09. The van der Waals surface area contributed by atoms with Crippen LogP contribution in [-0.2, 0) is 12.7 Å². The summed E-state index contributed by atoms with van der Waals surface area (Å²) in [5.41, 5.74) is 1.68. The summed E-state index contributed by atoms with van der Waals surface area (Å²) < 4.78 is 43.7. The zero-order valence-electron chi connectivity index (χ0n) is 16.2. The van der Waals surface area contributed by atoms with Crippen molar-refractivity contribution in [2.75, 3.05) is 0 Å². The van der Waals surface area contributed by atoms with E-state index in [1.807, 2.05) is 35.7 Å². The van der Waals surface area contributed by atoms with Gasteiger partial charge in [0.2, 0.25) is 0 Å². The fourth-order valence-electron chi connectivity index (χ4n) is 3.51. The molecule has 0 amide bonds. The van der Waals surface area contributed by atoms with Crippen LogP contribution in [0.4, 0.5) is 13.2 Å². The summed E-state index contributed by atoms with van der Waals surface area (Å²) in [4.78, 5) is 21.7. The van der Waals surface area contributed by atoms with Crippen molar-refractivity contribution in [3.05, 3.63) is 88.5 Å². The highest BCUT2D eigenvalue weighted by atomic mass is 19.4. The Morgan fingerprint density at radius 2 is 1.90 bits per heavy atom. The van der Waals surface area contributed by atoms with Crippen LogP contribution in [0.2, 0.25) is 0 Å². The second-order valence-corrected chi connectivity index (χ2v) is 7.15. The lowest BCUT2D eigenvalue weighted by Crippen LogP contribution is -2.21. The Balaban J connectivity index is 1.54. The maximum absolute atomic E-state index is 13.0. The van der Waals surface area contributed by atoms with Gasteiger partial charge in [-0.05, 0) is 37.3 Å². The van der Waals surface area contributed by atoms with Crippen LogP contribution in [0.3, 0.4) is 0 Å². The van der Waals surface area contributed by atoms with Crippen LogP contribution in [0.15, 0.2) is 66.0 Å². The fraction of sp³-hybridized carbons (Fsp3) is 0.143. The molecular formula is C21H15F3N6O. The first-order valence-corrected chi connectivity index (χ1v) is 9.36. The zero-order chi connectivity index (χ0) is 21.8. The largest absolute Gasteiger partial charge is 0.416 e. The average Bonchev–Trinajstić information content (AvgIpc) is 3.35. The molecule has 0 fully saturated rings. The topological polar surface area (TPSA) is 70.0 Å². The van der Waals surface area contributed by atoms with E-state index in [9.17, 15) is 18.0 Å². The lowest BCUT2D eigenvalue weighted by molar-refractivity contribution is -0.137. The van der Waals surface area contributed by atoms with Gasteiger partial charge in [0.1, 0.15) is 17.4 Å². The number of imidazole rings is 1. The van der Waals surface area contributed by atoms with Crippen molar-refractivity contribution in [3.63, 3.8) is 0 Å². The third-order valence-electron chi connectivity index (χ3n) is 5.05. The fourth-order valence-corrected chi connectivity index (χ4v) is 3.51.